The molecule has 0 radical (unpaired) electrons. The van der Waals surface area contributed by atoms with Crippen molar-refractivity contribution in [2.24, 2.45) is 5.92 Å². The molecule has 0 aromatic rings. The number of amides is 1. The van der Waals surface area contributed by atoms with Gasteiger partial charge in [-0.15, -0.1) is 0 Å². The van der Waals surface area contributed by atoms with Crippen LogP contribution >= 0.6 is 0 Å². The van der Waals surface area contributed by atoms with Crippen molar-refractivity contribution in [1.29, 1.82) is 0 Å². The van der Waals surface area contributed by atoms with Gasteiger partial charge in [0.05, 0.1) is 0 Å². The van der Waals surface area contributed by atoms with Gasteiger partial charge in [-0.05, 0) is 25.9 Å². The van der Waals surface area contributed by atoms with Gasteiger partial charge in [-0.2, -0.15) is 0 Å². The average molecular weight is 186 g/mol. The maximum atomic E-state index is 11.2. The predicted molar refractivity (Wildman–Crippen MR) is 46.2 cm³/mol. The Morgan fingerprint density at radius 1 is 1.62 bits per heavy atom. The highest BCUT2D eigenvalue weighted by molar-refractivity contribution is 5.83. The molecule has 1 fully saturated rings. The maximum absolute atomic E-state index is 11.2. The lowest BCUT2D eigenvalue weighted by molar-refractivity contribution is -0.141. The highest BCUT2D eigenvalue weighted by atomic mass is 16.4. The average Bonchev–Trinajstić information content (AvgIpc) is 1.96. The molecule has 1 amide bonds. The number of carboxylic acid groups (broad SMARTS) is 1. The summed E-state index contributed by atoms with van der Waals surface area (Å²) in [5.74, 6) is -0.803. The molecule has 0 saturated carbocycles. The van der Waals surface area contributed by atoms with E-state index in [1.165, 1.54) is 6.92 Å². The zero-order chi connectivity index (χ0) is 9.84. The molecule has 1 rings (SSSR count). The van der Waals surface area contributed by atoms with Crippen LogP contribution in [-0.2, 0) is 9.59 Å². The highest BCUT2D eigenvalue weighted by Gasteiger charge is 2.22. The second kappa shape index (κ2) is 4.23. The summed E-state index contributed by atoms with van der Waals surface area (Å²) in [6.45, 7) is 3.17. The second-order valence-corrected chi connectivity index (χ2v) is 3.36. The molecule has 0 aromatic heterocycles. The largest absolute Gasteiger partial charge is 0.480 e. The maximum Gasteiger partial charge on any atom is 0.325 e. The number of carbonyl (C=O) groups excluding carboxylic acids is 1. The van der Waals surface area contributed by atoms with E-state index in [0.29, 0.717) is 12.3 Å². The molecule has 0 aromatic carbocycles. The highest BCUT2D eigenvalue weighted by Crippen LogP contribution is 2.07. The summed E-state index contributed by atoms with van der Waals surface area (Å²) in [6.07, 6.45) is 0.421. The first kappa shape index (κ1) is 9.98. The zero-order valence-electron chi connectivity index (χ0n) is 7.54. The summed E-state index contributed by atoms with van der Waals surface area (Å²) in [7, 11) is 0. The van der Waals surface area contributed by atoms with Crippen LogP contribution in [0.25, 0.3) is 0 Å². The monoisotopic (exact) mass is 186 g/mol. The third-order valence-corrected chi connectivity index (χ3v) is 2.09. The first-order valence-corrected chi connectivity index (χ1v) is 4.32. The molecule has 0 aliphatic carbocycles. The Kier molecular flexibility index (Phi) is 3.25. The van der Waals surface area contributed by atoms with Gasteiger partial charge >= 0.3 is 5.97 Å². The molecule has 1 saturated heterocycles. The fourth-order valence-corrected chi connectivity index (χ4v) is 1.12. The zero-order valence-corrected chi connectivity index (χ0v) is 7.54. The molecule has 1 heterocycles. The molecule has 5 nitrogen and oxygen atoms in total. The first-order valence-electron chi connectivity index (χ1n) is 4.32. The van der Waals surface area contributed by atoms with E-state index in [-0.39, 0.29) is 5.91 Å². The van der Waals surface area contributed by atoms with Gasteiger partial charge in [0.2, 0.25) is 5.91 Å². The van der Waals surface area contributed by atoms with Gasteiger partial charge in [0.1, 0.15) is 6.04 Å². The Morgan fingerprint density at radius 3 is 2.62 bits per heavy atom. The number of nitrogens with one attached hydrogen (secondary N) is 2. The minimum Gasteiger partial charge on any atom is -0.480 e. The summed E-state index contributed by atoms with van der Waals surface area (Å²) < 4.78 is 0. The van der Waals surface area contributed by atoms with Gasteiger partial charge in [-0.1, -0.05) is 0 Å². The molecule has 1 atom stereocenters. The predicted octanol–water partition coefficient (Wildman–Crippen LogP) is -0.815. The molecule has 74 valence electrons. The Hall–Kier alpha value is -1.10. The van der Waals surface area contributed by atoms with E-state index in [9.17, 15) is 9.59 Å². The number of hydrogen-bond donors (Lipinski definition) is 3. The molecule has 1 unspecified atom stereocenters. The topological polar surface area (TPSA) is 78.4 Å². The van der Waals surface area contributed by atoms with Crippen LogP contribution in [0.3, 0.4) is 0 Å². The molecular formula is C8H14N2O3. The summed E-state index contributed by atoms with van der Waals surface area (Å²) in [6, 6.07) is -0.791. The fourth-order valence-electron chi connectivity index (χ4n) is 1.12. The minimum atomic E-state index is -1.000. The number of carbonyl (C=O) groups is 2. The van der Waals surface area contributed by atoms with Crippen molar-refractivity contribution >= 4 is 11.9 Å². The van der Waals surface area contributed by atoms with E-state index in [4.69, 9.17) is 5.11 Å². The van der Waals surface area contributed by atoms with Gasteiger partial charge in [0.15, 0.2) is 0 Å². The summed E-state index contributed by atoms with van der Waals surface area (Å²) in [4.78, 5) is 21.5. The Balaban J connectivity index is 2.19. The van der Waals surface area contributed by atoms with Crippen molar-refractivity contribution in [3.63, 3.8) is 0 Å². The third-order valence-electron chi connectivity index (χ3n) is 2.09. The SMILES string of the molecule is CC(NC(=O)CC1CNC1)C(=O)O. The van der Waals surface area contributed by atoms with Crippen LogP contribution in [0.5, 0.6) is 0 Å². The summed E-state index contributed by atoms with van der Waals surface area (Å²) >= 11 is 0. The normalized spacial score (nSPS) is 18.8. The van der Waals surface area contributed by atoms with E-state index in [0.717, 1.165) is 13.1 Å². The Morgan fingerprint density at radius 2 is 2.23 bits per heavy atom. The number of rotatable bonds is 4. The van der Waals surface area contributed by atoms with Crippen LogP contribution in [-0.4, -0.2) is 36.1 Å². The van der Waals surface area contributed by atoms with Gasteiger partial charge < -0.3 is 15.7 Å². The Bertz CT molecular complexity index is 213. The van der Waals surface area contributed by atoms with Crippen LogP contribution in [0, 0.1) is 5.92 Å². The van der Waals surface area contributed by atoms with Crippen molar-refractivity contribution < 1.29 is 14.7 Å². The minimum absolute atomic E-state index is 0.179. The quantitative estimate of drug-likeness (QED) is 0.536. The van der Waals surface area contributed by atoms with Crippen LogP contribution in [0.1, 0.15) is 13.3 Å². The lowest BCUT2D eigenvalue weighted by Crippen LogP contribution is -2.46. The van der Waals surface area contributed by atoms with E-state index in [1.54, 1.807) is 0 Å². The van der Waals surface area contributed by atoms with Gasteiger partial charge in [0, 0.05) is 6.42 Å². The van der Waals surface area contributed by atoms with E-state index < -0.39 is 12.0 Å². The molecular weight excluding hydrogens is 172 g/mol. The number of carboxylic acids is 1. The standard InChI is InChI=1S/C8H14N2O3/c1-5(8(12)13)10-7(11)2-6-3-9-4-6/h5-6,9H,2-4H2,1H3,(H,10,11)(H,12,13). The van der Waals surface area contributed by atoms with Gasteiger partial charge in [0.25, 0.3) is 0 Å². The molecule has 0 bridgehead atoms. The van der Waals surface area contributed by atoms with E-state index in [1.807, 2.05) is 0 Å². The van der Waals surface area contributed by atoms with Crippen LogP contribution in [0.15, 0.2) is 0 Å². The first-order chi connectivity index (χ1) is 6.09. The van der Waals surface area contributed by atoms with Crippen molar-refractivity contribution in [1.82, 2.24) is 10.6 Å². The van der Waals surface area contributed by atoms with Crippen molar-refractivity contribution in [2.45, 2.75) is 19.4 Å². The smallest absolute Gasteiger partial charge is 0.325 e. The van der Waals surface area contributed by atoms with Crippen LogP contribution < -0.4 is 10.6 Å². The summed E-state index contributed by atoms with van der Waals surface area (Å²) in [5, 5.41) is 14.0. The fraction of sp³-hybridized carbons (Fsp3) is 0.750. The Labute approximate surface area is 76.5 Å². The molecule has 1 aliphatic rings. The van der Waals surface area contributed by atoms with E-state index in [2.05, 4.69) is 10.6 Å². The van der Waals surface area contributed by atoms with Crippen molar-refractivity contribution in [3.05, 3.63) is 0 Å². The third kappa shape index (κ3) is 3.02. The second-order valence-electron chi connectivity index (χ2n) is 3.36. The van der Waals surface area contributed by atoms with Gasteiger partial charge in [-0.25, -0.2) is 0 Å². The lowest BCUT2D eigenvalue weighted by Gasteiger charge is -2.26. The molecule has 5 heteroatoms. The molecule has 3 N–H and O–H groups in total. The van der Waals surface area contributed by atoms with Crippen molar-refractivity contribution in [3.8, 4) is 0 Å². The molecule has 13 heavy (non-hydrogen) atoms. The van der Waals surface area contributed by atoms with E-state index >= 15 is 0 Å². The molecule has 0 spiro atoms. The summed E-state index contributed by atoms with van der Waals surface area (Å²) in [5.41, 5.74) is 0. The van der Waals surface area contributed by atoms with Crippen molar-refractivity contribution in [2.75, 3.05) is 13.1 Å². The van der Waals surface area contributed by atoms with Gasteiger partial charge in [-0.3, -0.25) is 9.59 Å². The molecule has 1 aliphatic heterocycles. The number of aliphatic carboxylic acids is 1. The van der Waals surface area contributed by atoms with Crippen LogP contribution in [0.4, 0.5) is 0 Å². The lowest BCUT2D eigenvalue weighted by atomic mass is 9.99. The number of hydrogen-bond acceptors (Lipinski definition) is 3. The van der Waals surface area contributed by atoms with Crippen LogP contribution in [0.2, 0.25) is 0 Å².